The highest BCUT2D eigenvalue weighted by Crippen LogP contribution is 2.24. The summed E-state index contributed by atoms with van der Waals surface area (Å²) in [6.07, 6.45) is 0. The van der Waals surface area contributed by atoms with E-state index in [2.05, 4.69) is 45.7 Å². The fourth-order valence-corrected chi connectivity index (χ4v) is 3.89. The van der Waals surface area contributed by atoms with Gasteiger partial charge in [-0.2, -0.15) is 0 Å². The number of hydrogen-bond donors (Lipinski definition) is 3. The summed E-state index contributed by atoms with van der Waals surface area (Å²) < 4.78 is 6.63. The molecule has 2 heterocycles. The molecule has 1 saturated heterocycles. The van der Waals surface area contributed by atoms with Gasteiger partial charge in [-0.25, -0.2) is 4.98 Å². The summed E-state index contributed by atoms with van der Waals surface area (Å²) >= 11 is 1.68. The van der Waals surface area contributed by atoms with Crippen LogP contribution >= 0.6 is 11.3 Å². The van der Waals surface area contributed by atoms with E-state index in [0.29, 0.717) is 6.04 Å². The van der Waals surface area contributed by atoms with E-state index in [1.54, 1.807) is 11.3 Å². The maximum atomic E-state index is 5.42. The van der Waals surface area contributed by atoms with Crippen molar-refractivity contribution in [3.8, 4) is 0 Å². The maximum Gasteiger partial charge on any atom is 0.191 e. The molecule has 148 valence electrons. The summed E-state index contributed by atoms with van der Waals surface area (Å²) in [6, 6.07) is 8.63. The van der Waals surface area contributed by atoms with Crippen molar-refractivity contribution < 1.29 is 4.74 Å². The van der Waals surface area contributed by atoms with Gasteiger partial charge in [0.05, 0.1) is 30.0 Å². The number of rotatable bonds is 8. The first kappa shape index (κ1) is 19.9. The van der Waals surface area contributed by atoms with E-state index in [1.807, 2.05) is 18.2 Å². The molecule has 3 rings (SSSR count). The van der Waals surface area contributed by atoms with Crippen LogP contribution in [-0.2, 0) is 4.74 Å². The van der Waals surface area contributed by atoms with Crippen LogP contribution in [0.4, 0.5) is 5.13 Å². The molecule has 0 saturated carbocycles. The third kappa shape index (κ3) is 6.05. The van der Waals surface area contributed by atoms with E-state index < -0.39 is 0 Å². The van der Waals surface area contributed by atoms with Gasteiger partial charge in [0.2, 0.25) is 0 Å². The lowest BCUT2D eigenvalue weighted by molar-refractivity contribution is 0.0220. The lowest BCUT2D eigenvalue weighted by atomic mass is 10.2. The van der Waals surface area contributed by atoms with Gasteiger partial charge >= 0.3 is 0 Å². The molecule has 1 fully saturated rings. The number of ether oxygens (including phenoxy) is 1. The molecule has 0 bridgehead atoms. The van der Waals surface area contributed by atoms with Gasteiger partial charge in [0, 0.05) is 38.8 Å². The predicted octanol–water partition coefficient (Wildman–Crippen LogP) is 1.98. The number of nitrogens with one attached hydrogen (secondary N) is 3. The number of anilines is 1. The monoisotopic (exact) mass is 390 g/mol. The van der Waals surface area contributed by atoms with Crippen LogP contribution in [0.2, 0.25) is 0 Å². The number of aliphatic imine (C=N–C) groups is 1. The van der Waals surface area contributed by atoms with E-state index in [1.165, 1.54) is 4.70 Å². The molecule has 1 atom stereocenters. The summed E-state index contributed by atoms with van der Waals surface area (Å²) in [5, 5.41) is 11.1. The van der Waals surface area contributed by atoms with Gasteiger partial charge in [-0.15, -0.1) is 0 Å². The molecule has 0 amide bonds. The van der Waals surface area contributed by atoms with Crippen molar-refractivity contribution >= 4 is 32.6 Å². The van der Waals surface area contributed by atoms with E-state index in [9.17, 15) is 0 Å². The fraction of sp³-hybridized carbons (Fsp3) is 0.579. The number of guanidine groups is 1. The second-order valence-electron chi connectivity index (χ2n) is 6.56. The zero-order valence-corrected chi connectivity index (χ0v) is 17.0. The number of benzene rings is 1. The molecule has 1 aromatic heterocycles. The smallest absolute Gasteiger partial charge is 0.191 e. The van der Waals surface area contributed by atoms with Crippen molar-refractivity contribution in [2.45, 2.75) is 19.9 Å². The van der Waals surface area contributed by atoms with Gasteiger partial charge < -0.3 is 20.7 Å². The highest BCUT2D eigenvalue weighted by Gasteiger charge is 2.16. The Morgan fingerprint density at radius 3 is 2.85 bits per heavy atom. The van der Waals surface area contributed by atoms with E-state index >= 15 is 0 Å². The maximum absolute atomic E-state index is 5.42. The Labute approximate surface area is 165 Å². The second-order valence-corrected chi connectivity index (χ2v) is 7.59. The topological polar surface area (TPSA) is 73.8 Å². The molecule has 8 heteroatoms. The molecule has 1 aliphatic rings. The van der Waals surface area contributed by atoms with Crippen molar-refractivity contribution in [3.63, 3.8) is 0 Å². The van der Waals surface area contributed by atoms with Gasteiger partial charge in [0.1, 0.15) is 0 Å². The van der Waals surface area contributed by atoms with Gasteiger partial charge in [-0.05, 0) is 26.0 Å². The largest absolute Gasteiger partial charge is 0.379 e. The number of nitrogens with zero attached hydrogens (tertiary/aromatic N) is 3. The zero-order valence-electron chi connectivity index (χ0n) is 16.2. The number of aromatic nitrogens is 1. The molecule has 1 aromatic carbocycles. The minimum absolute atomic E-state index is 0.422. The molecule has 7 nitrogen and oxygen atoms in total. The first-order valence-electron chi connectivity index (χ1n) is 9.69. The highest BCUT2D eigenvalue weighted by atomic mass is 32.1. The zero-order chi connectivity index (χ0) is 18.9. The third-order valence-corrected chi connectivity index (χ3v) is 5.51. The van der Waals surface area contributed by atoms with Crippen molar-refractivity contribution in [1.29, 1.82) is 0 Å². The number of fused-ring (bicyclic) bond motifs is 1. The molecular weight excluding hydrogens is 360 g/mol. The van der Waals surface area contributed by atoms with E-state index in [4.69, 9.17) is 9.73 Å². The average molecular weight is 391 g/mol. The number of para-hydroxylation sites is 1. The van der Waals surface area contributed by atoms with E-state index in [-0.39, 0.29) is 0 Å². The minimum Gasteiger partial charge on any atom is -0.379 e. The van der Waals surface area contributed by atoms with Crippen LogP contribution in [0.1, 0.15) is 13.8 Å². The first-order chi connectivity index (χ1) is 13.3. The summed E-state index contributed by atoms with van der Waals surface area (Å²) in [5.41, 5.74) is 1.05. The summed E-state index contributed by atoms with van der Waals surface area (Å²) in [7, 11) is 0. The molecule has 1 aliphatic heterocycles. The van der Waals surface area contributed by atoms with Gasteiger partial charge in [0.25, 0.3) is 0 Å². The normalized spacial score (nSPS) is 17.0. The molecule has 27 heavy (non-hydrogen) atoms. The molecule has 3 N–H and O–H groups in total. The Balaban J connectivity index is 1.43. The van der Waals surface area contributed by atoms with Crippen LogP contribution in [0.3, 0.4) is 0 Å². The van der Waals surface area contributed by atoms with Gasteiger partial charge in [-0.3, -0.25) is 9.89 Å². The van der Waals surface area contributed by atoms with Crippen LogP contribution in [0.25, 0.3) is 10.2 Å². The third-order valence-electron chi connectivity index (χ3n) is 4.51. The van der Waals surface area contributed by atoms with Crippen molar-refractivity contribution in [2.75, 3.05) is 57.8 Å². The quantitative estimate of drug-likeness (QED) is 0.364. The lowest BCUT2D eigenvalue weighted by Gasteiger charge is -2.31. The molecule has 2 aromatic rings. The summed E-state index contributed by atoms with van der Waals surface area (Å²) in [4.78, 5) is 11.8. The van der Waals surface area contributed by atoms with Gasteiger partial charge in [-0.1, -0.05) is 23.5 Å². The molecule has 0 aliphatic carbocycles. The van der Waals surface area contributed by atoms with Crippen LogP contribution < -0.4 is 16.0 Å². The molecule has 0 spiro atoms. The van der Waals surface area contributed by atoms with Crippen LogP contribution in [0, 0.1) is 0 Å². The lowest BCUT2D eigenvalue weighted by Crippen LogP contribution is -2.45. The first-order valence-corrected chi connectivity index (χ1v) is 10.5. The SMILES string of the molecule is CCNC(=NCC(C)N1CCOCC1)NCCNc1nc2ccccc2s1. The highest BCUT2D eigenvalue weighted by molar-refractivity contribution is 7.22. The minimum atomic E-state index is 0.422. The molecular formula is C19H30N6OS. The molecule has 1 unspecified atom stereocenters. The standard InChI is InChI=1S/C19H30N6OS/c1-3-20-18(23-14-15(2)25-10-12-26-13-11-25)21-8-9-22-19-24-16-6-4-5-7-17(16)27-19/h4-7,15H,3,8-14H2,1-2H3,(H,22,24)(H2,20,21,23). The van der Waals surface area contributed by atoms with E-state index in [0.717, 1.165) is 69.1 Å². The average Bonchev–Trinajstić information content (AvgIpc) is 3.12. The van der Waals surface area contributed by atoms with Crippen LogP contribution in [0.5, 0.6) is 0 Å². The van der Waals surface area contributed by atoms with Crippen molar-refractivity contribution in [2.24, 2.45) is 4.99 Å². The van der Waals surface area contributed by atoms with Crippen molar-refractivity contribution in [3.05, 3.63) is 24.3 Å². The molecule has 0 radical (unpaired) electrons. The predicted molar refractivity (Wildman–Crippen MR) is 114 cm³/mol. The van der Waals surface area contributed by atoms with Crippen molar-refractivity contribution in [1.82, 2.24) is 20.5 Å². The Morgan fingerprint density at radius 1 is 1.26 bits per heavy atom. The van der Waals surface area contributed by atoms with Crippen LogP contribution in [-0.4, -0.2) is 74.4 Å². The summed E-state index contributed by atoms with van der Waals surface area (Å²) in [6.45, 7) is 11.2. The Hall–Kier alpha value is -1.90. The number of thiazole rings is 1. The fourth-order valence-electron chi connectivity index (χ4n) is 3.00. The Morgan fingerprint density at radius 2 is 2.07 bits per heavy atom. The number of morpholine rings is 1. The number of hydrogen-bond acceptors (Lipinski definition) is 6. The Bertz CT molecular complexity index is 695. The Kier molecular flexibility index (Phi) is 7.67. The van der Waals surface area contributed by atoms with Crippen LogP contribution in [0.15, 0.2) is 29.3 Å². The summed E-state index contributed by atoms with van der Waals surface area (Å²) in [5.74, 6) is 0.865. The van der Waals surface area contributed by atoms with Gasteiger partial charge in [0.15, 0.2) is 11.1 Å². The second kappa shape index (κ2) is 10.4.